The van der Waals surface area contributed by atoms with E-state index in [1.807, 2.05) is 18.7 Å². The van der Waals surface area contributed by atoms with Gasteiger partial charge in [0.15, 0.2) is 0 Å². The van der Waals surface area contributed by atoms with E-state index in [4.69, 9.17) is 0 Å². The molecule has 1 aliphatic heterocycles. The first-order valence-electron chi connectivity index (χ1n) is 8.35. The van der Waals surface area contributed by atoms with Crippen LogP contribution in [-0.2, 0) is 6.54 Å². The van der Waals surface area contributed by atoms with Crippen molar-refractivity contribution < 1.29 is 18.0 Å². The number of hydrogen-bond donors (Lipinski definition) is 0. The molecule has 136 valence electrons. The molecule has 8 heteroatoms. The molecule has 1 atom stereocenters. The minimum absolute atomic E-state index is 0.0856. The Hall–Kier alpha value is -1.57. The second kappa shape index (κ2) is 7.55. The third-order valence-corrected chi connectivity index (χ3v) is 4.60. The monoisotopic (exact) mass is 346 g/mol. The predicted octanol–water partition coefficient (Wildman–Crippen LogP) is 2.70. The van der Waals surface area contributed by atoms with Gasteiger partial charge in [-0.15, -0.1) is 0 Å². The van der Waals surface area contributed by atoms with Gasteiger partial charge in [-0.05, 0) is 27.2 Å². The summed E-state index contributed by atoms with van der Waals surface area (Å²) in [6, 6.07) is -0.565. The van der Waals surface area contributed by atoms with Gasteiger partial charge in [0, 0.05) is 44.5 Å². The van der Waals surface area contributed by atoms with Crippen molar-refractivity contribution >= 4 is 5.91 Å². The van der Waals surface area contributed by atoms with Crippen LogP contribution in [-0.4, -0.2) is 63.9 Å². The van der Waals surface area contributed by atoms with Crippen LogP contribution in [0.3, 0.4) is 0 Å². The average molecular weight is 346 g/mol. The molecule has 1 saturated heterocycles. The lowest BCUT2D eigenvalue weighted by Gasteiger charge is -2.28. The summed E-state index contributed by atoms with van der Waals surface area (Å²) in [4.78, 5) is 16.2. The van der Waals surface area contributed by atoms with Crippen molar-refractivity contribution in [2.75, 3.05) is 26.2 Å². The van der Waals surface area contributed by atoms with Crippen LogP contribution in [0.1, 0.15) is 42.7 Å². The van der Waals surface area contributed by atoms with Gasteiger partial charge in [-0.3, -0.25) is 14.4 Å². The van der Waals surface area contributed by atoms with Crippen LogP contribution in [0.5, 0.6) is 0 Å². The van der Waals surface area contributed by atoms with Gasteiger partial charge >= 0.3 is 6.18 Å². The first kappa shape index (κ1) is 18.8. The summed E-state index contributed by atoms with van der Waals surface area (Å²) in [5.74, 6) is -0.0856. The number of carbonyl (C=O) groups is 1. The molecule has 1 aromatic rings. The maximum absolute atomic E-state index is 12.7. The van der Waals surface area contributed by atoms with Crippen molar-refractivity contribution in [1.82, 2.24) is 19.6 Å². The Morgan fingerprint density at radius 2 is 2.00 bits per heavy atom. The van der Waals surface area contributed by atoms with Crippen molar-refractivity contribution in [2.24, 2.45) is 0 Å². The molecule has 1 aliphatic rings. The molecule has 5 nitrogen and oxygen atoms in total. The van der Waals surface area contributed by atoms with E-state index in [0.717, 1.165) is 5.69 Å². The highest BCUT2D eigenvalue weighted by Gasteiger charge is 2.33. The molecule has 1 amide bonds. The number of aromatic nitrogens is 2. The Bertz CT molecular complexity index is 570. The Balaban J connectivity index is 1.99. The number of halogens is 3. The fourth-order valence-corrected chi connectivity index (χ4v) is 3.19. The summed E-state index contributed by atoms with van der Waals surface area (Å²) in [6.45, 7) is 8.16. The third kappa shape index (κ3) is 4.49. The highest BCUT2D eigenvalue weighted by atomic mass is 19.4. The van der Waals surface area contributed by atoms with E-state index in [2.05, 4.69) is 5.10 Å². The maximum atomic E-state index is 12.7. The maximum Gasteiger partial charge on any atom is 0.390 e. The first-order valence-corrected chi connectivity index (χ1v) is 8.35. The van der Waals surface area contributed by atoms with Crippen LogP contribution < -0.4 is 0 Å². The molecule has 0 aromatic carbocycles. The number of alkyl halides is 3. The summed E-state index contributed by atoms with van der Waals surface area (Å²) in [7, 11) is 0. The lowest BCUT2D eigenvalue weighted by Crippen LogP contribution is -2.40. The standard InChI is InChI=1S/C16H25F3N4O/c1-4-23-13(3)14(11-20-23)15(24)22-7-5-6-21(8-9-22)12(2)10-16(17,18)19/h11-12H,4-10H2,1-3H3. The van der Waals surface area contributed by atoms with E-state index in [9.17, 15) is 18.0 Å². The topological polar surface area (TPSA) is 41.4 Å². The first-order chi connectivity index (χ1) is 11.2. The van der Waals surface area contributed by atoms with E-state index >= 15 is 0 Å². The van der Waals surface area contributed by atoms with Gasteiger partial charge < -0.3 is 4.90 Å². The molecule has 0 bridgehead atoms. The van der Waals surface area contributed by atoms with Crippen molar-refractivity contribution in [3.63, 3.8) is 0 Å². The van der Waals surface area contributed by atoms with Crippen LogP contribution in [0.25, 0.3) is 0 Å². The highest BCUT2D eigenvalue weighted by Crippen LogP contribution is 2.24. The highest BCUT2D eigenvalue weighted by molar-refractivity contribution is 5.95. The molecule has 0 spiro atoms. The zero-order valence-electron chi connectivity index (χ0n) is 14.4. The van der Waals surface area contributed by atoms with Gasteiger partial charge in [-0.2, -0.15) is 18.3 Å². The van der Waals surface area contributed by atoms with E-state index in [1.54, 1.807) is 22.7 Å². The summed E-state index contributed by atoms with van der Waals surface area (Å²) in [5.41, 5.74) is 1.41. The quantitative estimate of drug-likeness (QED) is 0.842. The van der Waals surface area contributed by atoms with Gasteiger partial charge in [0.1, 0.15) is 0 Å². The Kier molecular flexibility index (Phi) is 5.90. The van der Waals surface area contributed by atoms with Crippen LogP contribution in [0.4, 0.5) is 13.2 Å². The van der Waals surface area contributed by atoms with Crippen LogP contribution >= 0.6 is 0 Å². The van der Waals surface area contributed by atoms with E-state index in [-0.39, 0.29) is 5.91 Å². The number of carbonyl (C=O) groups excluding carboxylic acids is 1. The van der Waals surface area contributed by atoms with Crippen LogP contribution in [0, 0.1) is 6.92 Å². The summed E-state index contributed by atoms with van der Waals surface area (Å²) < 4.78 is 39.5. The van der Waals surface area contributed by atoms with E-state index in [1.165, 1.54) is 0 Å². The van der Waals surface area contributed by atoms with Gasteiger partial charge in [0.25, 0.3) is 5.91 Å². The molecule has 2 rings (SSSR count). The van der Waals surface area contributed by atoms with Crippen molar-refractivity contribution in [1.29, 1.82) is 0 Å². The Morgan fingerprint density at radius 1 is 1.29 bits per heavy atom. The molecule has 1 unspecified atom stereocenters. The average Bonchev–Trinajstić information content (AvgIpc) is 2.71. The molecule has 0 aliphatic carbocycles. The van der Waals surface area contributed by atoms with Crippen molar-refractivity contribution in [2.45, 2.75) is 52.4 Å². The summed E-state index contributed by atoms with van der Waals surface area (Å²) in [6.07, 6.45) is -2.72. The van der Waals surface area contributed by atoms with Crippen molar-refractivity contribution in [3.8, 4) is 0 Å². The van der Waals surface area contributed by atoms with E-state index < -0.39 is 18.6 Å². The fourth-order valence-electron chi connectivity index (χ4n) is 3.19. The van der Waals surface area contributed by atoms with Gasteiger partial charge in [0.2, 0.25) is 0 Å². The summed E-state index contributed by atoms with van der Waals surface area (Å²) in [5, 5.41) is 4.19. The lowest BCUT2D eigenvalue weighted by molar-refractivity contribution is -0.145. The minimum Gasteiger partial charge on any atom is -0.337 e. The molecular formula is C16H25F3N4O. The fraction of sp³-hybridized carbons (Fsp3) is 0.750. The molecule has 0 saturated carbocycles. The Morgan fingerprint density at radius 3 is 2.58 bits per heavy atom. The second-order valence-electron chi connectivity index (χ2n) is 6.31. The SMILES string of the molecule is CCn1ncc(C(=O)N2CCCN(C(C)CC(F)(F)F)CC2)c1C. The zero-order valence-corrected chi connectivity index (χ0v) is 14.4. The number of nitrogens with zero attached hydrogens (tertiary/aromatic N) is 4. The number of rotatable bonds is 4. The lowest BCUT2D eigenvalue weighted by atomic mass is 10.2. The zero-order chi connectivity index (χ0) is 17.9. The Labute approximate surface area is 140 Å². The molecular weight excluding hydrogens is 321 g/mol. The predicted molar refractivity (Wildman–Crippen MR) is 84.9 cm³/mol. The molecule has 1 fully saturated rings. The van der Waals surface area contributed by atoms with Crippen LogP contribution in [0.15, 0.2) is 6.20 Å². The second-order valence-corrected chi connectivity index (χ2v) is 6.31. The molecule has 1 aromatic heterocycles. The molecule has 0 N–H and O–H groups in total. The van der Waals surface area contributed by atoms with Crippen molar-refractivity contribution in [3.05, 3.63) is 17.5 Å². The van der Waals surface area contributed by atoms with Gasteiger partial charge in [0.05, 0.1) is 18.2 Å². The summed E-state index contributed by atoms with van der Waals surface area (Å²) >= 11 is 0. The number of aryl methyl sites for hydroxylation is 1. The van der Waals surface area contributed by atoms with Crippen LogP contribution in [0.2, 0.25) is 0 Å². The smallest absolute Gasteiger partial charge is 0.337 e. The van der Waals surface area contributed by atoms with Gasteiger partial charge in [-0.1, -0.05) is 0 Å². The largest absolute Gasteiger partial charge is 0.390 e. The molecule has 24 heavy (non-hydrogen) atoms. The normalized spacial score (nSPS) is 18.5. The third-order valence-electron chi connectivity index (χ3n) is 4.60. The van der Waals surface area contributed by atoms with E-state index in [0.29, 0.717) is 44.7 Å². The molecule has 2 heterocycles. The minimum atomic E-state index is -4.16. The number of amides is 1. The van der Waals surface area contributed by atoms with Gasteiger partial charge in [-0.25, -0.2) is 0 Å². The number of hydrogen-bond acceptors (Lipinski definition) is 3. The molecule has 0 radical (unpaired) electrons.